The van der Waals surface area contributed by atoms with Gasteiger partial charge in [-0.1, -0.05) is 80.9 Å². The number of likely N-dealkylation sites (tertiary alicyclic amines) is 1. The fourth-order valence-corrected chi connectivity index (χ4v) is 5.61. The molecular formula is C33H47N4O5-. The molecule has 1 heterocycles. The third kappa shape index (κ3) is 9.84. The largest absolute Gasteiger partial charge is 0.530 e. The molecule has 0 bridgehead atoms. The van der Waals surface area contributed by atoms with Gasteiger partial charge in [-0.2, -0.15) is 0 Å². The quantitative estimate of drug-likeness (QED) is 0.355. The number of amides is 3. The highest BCUT2D eigenvalue weighted by Crippen LogP contribution is 2.21. The van der Waals surface area contributed by atoms with E-state index in [4.69, 9.17) is 0 Å². The number of piperidine rings is 1. The van der Waals surface area contributed by atoms with Crippen LogP contribution in [-0.2, 0) is 22.6 Å². The van der Waals surface area contributed by atoms with Crippen LogP contribution in [0.25, 0.3) is 0 Å². The number of benzene rings is 2. The number of nitrogens with one attached hydrogen (secondary N) is 2. The summed E-state index contributed by atoms with van der Waals surface area (Å²) in [6.07, 6.45) is 0.436. The first-order valence-corrected chi connectivity index (χ1v) is 15.0. The molecule has 3 N–H and O–H groups in total. The van der Waals surface area contributed by atoms with Gasteiger partial charge in [-0.05, 0) is 63.6 Å². The van der Waals surface area contributed by atoms with Crippen LogP contribution in [0.2, 0.25) is 0 Å². The van der Waals surface area contributed by atoms with Crippen molar-refractivity contribution >= 4 is 17.9 Å². The molecule has 4 atom stereocenters. The zero-order valence-corrected chi connectivity index (χ0v) is 25.6. The summed E-state index contributed by atoms with van der Waals surface area (Å²) < 4.78 is 0. The number of carbonyl (C=O) groups is 3. The normalized spacial score (nSPS) is 18.1. The number of nitrogens with zero attached hydrogens (tertiary/aromatic N) is 2. The van der Waals surface area contributed by atoms with Crippen molar-refractivity contribution < 1.29 is 24.6 Å². The molecule has 9 heteroatoms. The molecule has 1 saturated heterocycles. The standard InChI is InChI=1S/C33H48N4O5/c1-23(2)29(37(32(41)42)21-25-16-10-7-11-17-25)31(40)34-26(20-24-14-8-6-9-15-24)28(38)22-36-19-13-12-18-27(36)30(39)35-33(3,4)5/h6-11,14-17,23,26-29,38H,12-13,18-22H2,1-5H3,(H,34,40)(H,35,39)(H,41,42)/p-1/t26-,27-,28+,29-/m0/s1. The van der Waals surface area contributed by atoms with Crippen LogP contribution >= 0.6 is 0 Å². The molecule has 3 rings (SSSR count). The summed E-state index contributed by atoms with van der Waals surface area (Å²) in [6.45, 7) is 10.3. The number of carbonyl (C=O) groups excluding carboxylic acids is 3. The van der Waals surface area contributed by atoms with E-state index < -0.39 is 30.2 Å². The van der Waals surface area contributed by atoms with Crippen LogP contribution in [0.15, 0.2) is 60.7 Å². The van der Waals surface area contributed by atoms with Crippen LogP contribution in [0, 0.1) is 5.92 Å². The lowest BCUT2D eigenvalue weighted by Gasteiger charge is -2.40. The molecule has 0 aromatic heterocycles. The molecule has 42 heavy (non-hydrogen) atoms. The Balaban J connectivity index is 1.83. The van der Waals surface area contributed by atoms with Gasteiger partial charge in [0.05, 0.1) is 18.2 Å². The minimum Gasteiger partial charge on any atom is -0.530 e. The van der Waals surface area contributed by atoms with E-state index in [9.17, 15) is 24.6 Å². The first-order valence-electron chi connectivity index (χ1n) is 15.0. The second-order valence-electron chi connectivity index (χ2n) is 12.7. The second kappa shape index (κ2) is 15.2. The van der Waals surface area contributed by atoms with Gasteiger partial charge in [-0.15, -0.1) is 0 Å². The van der Waals surface area contributed by atoms with Crippen LogP contribution in [0.1, 0.15) is 65.0 Å². The van der Waals surface area contributed by atoms with E-state index in [0.717, 1.165) is 28.9 Å². The minimum atomic E-state index is -1.44. The maximum atomic E-state index is 13.8. The fraction of sp³-hybridized carbons (Fsp3) is 0.545. The molecule has 0 aliphatic carbocycles. The van der Waals surface area contributed by atoms with Crippen LogP contribution in [0.3, 0.4) is 0 Å². The lowest BCUT2D eigenvalue weighted by molar-refractivity contribution is -0.269. The van der Waals surface area contributed by atoms with Gasteiger partial charge in [-0.3, -0.25) is 14.5 Å². The molecule has 3 amide bonds. The molecule has 1 aliphatic rings. The summed E-state index contributed by atoms with van der Waals surface area (Å²) in [5.41, 5.74) is 1.29. The molecule has 9 nitrogen and oxygen atoms in total. The fourth-order valence-electron chi connectivity index (χ4n) is 5.61. The zero-order chi connectivity index (χ0) is 30.9. The van der Waals surface area contributed by atoms with E-state index >= 15 is 0 Å². The number of aliphatic hydroxyl groups is 1. The number of rotatable bonds is 12. The topological polar surface area (TPSA) is 125 Å². The summed E-state index contributed by atoms with van der Waals surface area (Å²) in [5, 5.41) is 29.9. The predicted molar refractivity (Wildman–Crippen MR) is 161 cm³/mol. The molecular weight excluding hydrogens is 532 g/mol. The van der Waals surface area contributed by atoms with Gasteiger partial charge in [0.2, 0.25) is 11.8 Å². The smallest absolute Gasteiger partial charge is 0.243 e. The van der Waals surface area contributed by atoms with Gasteiger partial charge in [0.1, 0.15) is 12.1 Å². The number of aliphatic hydroxyl groups excluding tert-OH is 1. The van der Waals surface area contributed by atoms with E-state index in [-0.39, 0.29) is 36.5 Å². The van der Waals surface area contributed by atoms with Crippen LogP contribution in [-0.4, -0.2) is 75.7 Å². The van der Waals surface area contributed by atoms with E-state index in [1.807, 2.05) is 74.2 Å². The third-order valence-electron chi connectivity index (χ3n) is 7.59. The van der Waals surface area contributed by atoms with E-state index in [2.05, 4.69) is 10.6 Å². The lowest BCUT2D eigenvalue weighted by atomic mass is 9.95. The first-order chi connectivity index (χ1) is 19.9. The predicted octanol–water partition coefficient (Wildman–Crippen LogP) is 2.71. The van der Waals surface area contributed by atoms with Crippen molar-refractivity contribution in [3.8, 4) is 0 Å². The van der Waals surface area contributed by atoms with Crippen molar-refractivity contribution in [2.45, 2.75) is 96.6 Å². The van der Waals surface area contributed by atoms with Crippen LogP contribution in [0.5, 0.6) is 0 Å². The van der Waals surface area contributed by atoms with E-state index in [1.54, 1.807) is 26.0 Å². The molecule has 2 aromatic rings. The molecule has 0 unspecified atom stereocenters. The molecule has 1 aliphatic heterocycles. The molecule has 0 radical (unpaired) electrons. The lowest BCUT2D eigenvalue weighted by Crippen LogP contribution is -2.60. The SMILES string of the molecule is CC(C)[C@@H](C(=O)N[C@@H](Cc1ccccc1)[C@H](O)CN1CCCC[C@H]1C(=O)NC(C)(C)C)N(Cc1ccccc1)C(=O)[O-]. The van der Waals surface area contributed by atoms with Crippen LogP contribution < -0.4 is 15.7 Å². The van der Waals surface area contributed by atoms with Crippen molar-refractivity contribution in [1.29, 1.82) is 0 Å². The van der Waals surface area contributed by atoms with Crippen molar-refractivity contribution in [3.05, 3.63) is 71.8 Å². The van der Waals surface area contributed by atoms with Crippen molar-refractivity contribution in [2.75, 3.05) is 13.1 Å². The highest BCUT2D eigenvalue weighted by atomic mass is 16.4. The second-order valence-corrected chi connectivity index (χ2v) is 12.7. The summed E-state index contributed by atoms with van der Waals surface area (Å²) in [4.78, 5) is 42.3. The highest BCUT2D eigenvalue weighted by Gasteiger charge is 2.36. The highest BCUT2D eigenvalue weighted by molar-refractivity contribution is 5.85. The molecule has 0 saturated carbocycles. The Labute approximate surface area is 250 Å². The van der Waals surface area contributed by atoms with Gasteiger partial charge < -0.3 is 30.5 Å². The maximum Gasteiger partial charge on any atom is 0.243 e. The zero-order valence-electron chi connectivity index (χ0n) is 25.6. The third-order valence-corrected chi connectivity index (χ3v) is 7.59. The van der Waals surface area contributed by atoms with Gasteiger partial charge in [0, 0.05) is 18.6 Å². The molecule has 2 aromatic carbocycles. The van der Waals surface area contributed by atoms with Gasteiger partial charge in [0.15, 0.2) is 0 Å². The summed E-state index contributed by atoms with van der Waals surface area (Å²) in [6, 6.07) is 16.5. The molecule has 230 valence electrons. The summed E-state index contributed by atoms with van der Waals surface area (Å²) >= 11 is 0. The van der Waals surface area contributed by atoms with Gasteiger partial charge in [-0.25, -0.2) is 0 Å². The number of carboxylic acid groups (broad SMARTS) is 1. The Morgan fingerprint density at radius 1 is 1.00 bits per heavy atom. The Morgan fingerprint density at radius 2 is 1.60 bits per heavy atom. The number of hydrogen-bond donors (Lipinski definition) is 3. The minimum absolute atomic E-state index is 0.00366. The number of β-amino-alcohol motifs (C(OH)–C–C–N with tert-alkyl or cyclic N) is 1. The Bertz CT molecular complexity index is 1150. The number of hydrogen-bond acceptors (Lipinski definition) is 6. The Hall–Kier alpha value is -3.43. The monoisotopic (exact) mass is 579 g/mol. The Morgan fingerprint density at radius 3 is 2.14 bits per heavy atom. The average Bonchev–Trinajstić information content (AvgIpc) is 2.92. The van der Waals surface area contributed by atoms with Crippen molar-refractivity contribution in [3.63, 3.8) is 0 Å². The molecule has 0 spiro atoms. The van der Waals surface area contributed by atoms with Crippen LogP contribution in [0.4, 0.5) is 4.79 Å². The summed E-state index contributed by atoms with van der Waals surface area (Å²) in [7, 11) is 0. The first kappa shape index (κ1) is 33.1. The maximum absolute atomic E-state index is 13.8. The average molecular weight is 580 g/mol. The Kier molecular flexibility index (Phi) is 11.9. The van der Waals surface area contributed by atoms with E-state index in [1.165, 1.54) is 0 Å². The van der Waals surface area contributed by atoms with E-state index in [0.29, 0.717) is 19.4 Å². The van der Waals surface area contributed by atoms with Gasteiger partial charge in [0.25, 0.3) is 0 Å². The van der Waals surface area contributed by atoms with Gasteiger partial charge >= 0.3 is 0 Å². The van der Waals surface area contributed by atoms with Crippen molar-refractivity contribution in [1.82, 2.24) is 20.4 Å². The summed E-state index contributed by atoms with van der Waals surface area (Å²) in [5.74, 6) is -0.914. The molecule has 1 fully saturated rings. The van der Waals surface area contributed by atoms with Crippen molar-refractivity contribution in [2.24, 2.45) is 5.92 Å².